The number of hydrogen-bond donors (Lipinski definition) is 1. The largest absolute Gasteiger partial charge is 0.459 e. The molecule has 39 heavy (non-hydrogen) atoms. The Hall–Kier alpha value is -3.93. The fourth-order valence-corrected chi connectivity index (χ4v) is 5.06. The molecule has 11 nitrogen and oxygen atoms in total. The topological polar surface area (TPSA) is 111 Å². The first-order chi connectivity index (χ1) is 18.9. The summed E-state index contributed by atoms with van der Waals surface area (Å²) < 4.78 is 20.3. The van der Waals surface area contributed by atoms with Crippen molar-refractivity contribution in [1.29, 1.82) is 0 Å². The lowest BCUT2D eigenvalue weighted by Crippen LogP contribution is -2.54. The molecule has 0 spiro atoms. The van der Waals surface area contributed by atoms with Crippen molar-refractivity contribution in [2.24, 2.45) is 5.16 Å². The van der Waals surface area contributed by atoms with Gasteiger partial charge in [0.1, 0.15) is 11.9 Å². The van der Waals surface area contributed by atoms with Crippen LogP contribution < -0.4 is 10.2 Å². The summed E-state index contributed by atoms with van der Waals surface area (Å²) in [6, 6.07) is 8.39. The van der Waals surface area contributed by atoms with Crippen LogP contribution >= 0.6 is 0 Å². The Balaban J connectivity index is 1.07. The number of benzene rings is 1. The summed E-state index contributed by atoms with van der Waals surface area (Å²) in [4.78, 5) is 49.4. The number of anilines is 1. The van der Waals surface area contributed by atoms with Crippen LogP contribution in [0.3, 0.4) is 0 Å². The van der Waals surface area contributed by atoms with E-state index in [-0.39, 0.29) is 29.6 Å². The molecule has 0 radical (unpaired) electrons. The highest BCUT2D eigenvalue weighted by Gasteiger charge is 2.28. The van der Waals surface area contributed by atoms with Crippen molar-refractivity contribution in [1.82, 2.24) is 20.0 Å². The minimum atomic E-state index is -0.345. The smallest absolute Gasteiger partial charge is 0.289 e. The fraction of sp³-hybridized carbons (Fsp3) is 0.481. The minimum absolute atomic E-state index is 0.0457. The summed E-state index contributed by atoms with van der Waals surface area (Å²) in [6.07, 6.45) is 1.72. The zero-order valence-electron chi connectivity index (χ0n) is 22.0. The molecule has 12 heteroatoms. The third kappa shape index (κ3) is 6.39. The fourth-order valence-electron chi connectivity index (χ4n) is 5.06. The van der Waals surface area contributed by atoms with E-state index in [4.69, 9.17) is 9.25 Å². The second-order valence-corrected chi connectivity index (χ2v) is 9.99. The van der Waals surface area contributed by atoms with Gasteiger partial charge in [0.05, 0.1) is 30.8 Å². The molecule has 0 saturated carbocycles. The maximum Gasteiger partial charge on any atom is 0.289 e. The highest BCUT2D eigenvalue weighted by atomic mass is 19.1. The van der Waals surface area contributed by atoms with Gasteiger partial charge < -0.3 is 29.3 Å². The summed E-state index contributed by atoms with van der Waals surface area (Å²) in [5.41, 5.74) is 1.80. The van der Waals surface area contributed by atoms with Crippen molar-refractivity contribution >= 4 is 29.1 Å². The number of furan rings is 1. The van der Waals surface area contributed by atoms with Gasteiger partial charge in [-0.25, -0.2) is 4.39 Å². The second kappa shape index (κ2) is 11.9. The molecule has 0 aliphatic carbocycles. The van der Waals surface area contributed by atoms with E-state index in [0.717, 1.165) is 0 Å². The van der Waals surface area contributed by atoms with Crippen molar-refractivity contribution in [3.8, 4) is 0 Å². The molecule has 4 heterocycles. The van der Waals surface area contributed by atoms with Crippen LogP contribution in [0.5, 0.6) is 0 Å². The van der Waals surface area contributed by atoms with Crippen LogP contribution in [0.25, 0.3) is 0 Å². The van der Waals surface area contributed by atoms with Gasteiger partial charge in [-0.3, -0.25) is 19.3 Å². The van der Waals surface area contributed by atoms with Crippen LogP contribution in [0.2, 0.25) is 0 Å². The first kappa shape index (κ1) is 26.7. The molecule has 1 aromatic heterocycles. The van der Waals surface area contributed by atoms with E-state index in [0.29, 0.717) is 94.6 Å². The van der Waals surface area contributed by atoms with E-state index >= 15 is 4.39 Å². The number of carbonyl (C=O) groups excluding carboxylic acids is 3. The van der Waals surface area contributed by atoms with Crippen LogP contribution in [0.15, 0.2) is 46.2 Å². The van der Waals surface area contributed by atoms with Gasteiger partial charge in [-0.05, 0) is 24.3 Å². The number of halogens is 1. The van der Waals surface area contributed by atoms with E-state index < -0.39 is 0 Å². The number of nitrogens with zero attached hydrogens (tertiary/aromatic N) is 5. The number of rotatable bonds is 7. The molecular weight excluding hydrogens is 507 g/mol. The van der Waals surface area contributed by atoms with E-state index in [1.54, 1.807) is 23.1 Å². The van der Waals surface area contributed by atoms with Crippen molar-refractivity contribution in [3.63, 3.8) is 0 Å². The monoisotopic (exact) mass is 540 g/mol. The third-order valence-corrected chi connectivity index (χ3v) is 7.32. The van der Waals surface area contributed by atoms with Crippen LogP contribution in [-0.4, -0.2) is 110 Å². The van der Waals surface area contributed by atoms with Gasteiger partial charge in [0, 0.05) is 71.3 Å². The second-order valence-electron chi connectivity index (χ2n) is 9.99. The predicted molar refractivity (Wildman–Crippen MR) is 141 cm³/mol. The minimum Gasteiger partial charge on any atom is -0.459 e. The maximum atomic E-state index is 15.1. The molecule has 2 saturated heterocycles. The van der Waals surface area contributed by atoms with Gasteiger partial charge in [-0.2, -0.15) is 0 Å². The Morgan fingerprint density at radius 3 is 2.44 bits per heavy atom. The molecule has 2 fully saturated rings. The maximum absolute atomic E-state index is 15.1. The molecule has 208 valence electrons. The predicted octanol–water partition coefficient (Wildman–Crippen LogP) is 1.15. The number of carbonyl (C=O) groups is 3. The third-order valence-electron chi connectivity index (χ3n) is 7.32. The summed E-state index contributed by atoms with van der Waals surface area (Å²) in [5.74, 6) is -0.233. The Labute approximate surface area is 226 Å². The first-order valence-electron chi connectivity index (χ1n) is 13.2. The van der Waals surface area contributed by atoms with Gasteiger partial charge in [0.2, 0.25) is 11.8 Å². The van der Waals surface area contributed by atoms with Crippen molar-refractivity contribution in [2.75, 3.05) is 70.3 Å². The number of oxime groups is 1. The van der Waals surface area contributed by atoms with Gasteiger partial charge in [-0.15, -0.1) is 0 Å². The van der Waals surface area contributed by atoms with E-state index in [2.05, 4.69) is 15.4 Å². The van der Waals surface area contributed by atoms with Gasteiger partial charge >= 0.3 is 0 Å². The van der Waals surface area contributed by atoms with E-state index in [1.165, 1.54) is 19.3 Å². The molecule has 3 amide bonds. The molecule has 1 atom stereocenters. The van der Waals surface area contributed by atoms with Crippen LogP contribution in [0.4, 0.5) is 10.1 Å². The molecule has 1 N–H and O–H groups in total. The summed E-state index contributed by atoms with van der Waals surface area (Å²) in [6.45, 7) is 6.55. The highest BCUT2D eigenvalue weighted by Crippen LogP contribution is 2.25. The summed E-state index contributed by atoms with van der Waals surface area (Å²) in [7, 11) is 0. The quantitative estimate of drug-likeness (QED) is 0.561. The SMILES string of the molecule is CC(=O)NCC1CC(c2ccc(N3CCN(C(=O)CN4CCN(C(=O)c5ccco5)CC4)CC3)c(F)c2)=NO1. The van der Waals surface area contributed by atoms with Crippen LogP contribution in [0.1, 0.15) is 29.5 Å². The Morgan fingerprint density at radius 2 is 1.77 bits per heavy atom. The molecule has 3 aliphatic rings. The molecule has 3 aliphatic heterocycles. The summed E-state index contributed by atoms with van der Waals surface area (Å²) in [5, 5.41) is 6.77. The lowest BCUT2D eigenvalue weighted by Gasteiger charge is -2.38. The highest BCUT2D eigenvalue weighted by molar-refractivity contribution is 6.01. The van der Waals surface area contributed by atoms with Gasteiger partial charge in [0.15, 0.2) is 5.76 Å². The average molecular weight is 541 g/mol. The van der Waals surface area contributed by atoms with Crippen molar-refractivity contribution < 1.29 is 28.0 Å². The average Bonchev–Trinajstić information content (AvgIpc) is 3.65. The molecule has 1 aromatic carbocycles. The standard InChI is InChI=1S/C27H33FN6O5/c1-19(35)29-17-21-16-23(30-39-21)20-4-5-24(22(28)15-20)32-10-12-33(13-11-32)26(36)18-31-6-8-34(9-7-31)27(37)25-3-2-14-38-25/h2-5,14-15,21H,6-13,16-18H2,1H3,(H,29,35). The summed E-state index contributed by atoms with van der Waals surface area (Å²) >= 11 is 0. The van der Waals surface area contributed by atoms with E-state index in [9.17, 15) is 14.4 Å². The lowest BCUT2D eigenvalue weighted by atomic mass is 10.0. The van der Waals surface area contributed by atoms with Crippen molar-refractivity contribution in [2.45, 2.75) is 19.4 Å². The van der Waals surface area contributed by atoms with Crippen LogP contribution in [0, 0.1) is 5.82 Å². The Bertz CT molecular complexity index is 1220. The van der Waals surface area contributed by atoms with Crippen molar-refractivity contribution in [3.05, 3.63) is 53.7 Å². The molecule has 0 bridgehead atoms. The molecular formula is C27H33FN6O5. The lowest BCUT2D eigenvalue weighted by molar-refractivity contribution is -0.133. The zero-order valence-corrected chi connectivity index (χ0v) is 22.0. The molecule has 1 unspecified atom stereocenters. The number of amides is 3. The number of hydrogen-bond acceptors (Lipinski definition) is 8. The van der Waals surface area contributed by atoms with Gasteiger partial charge in [0.25, 0.3) is 5.91 Å². The zero-order chi connectivity index (χ0) is 27.4. The molecule has 5 rings (SSSR count). The number of nitrogens with one attached hydrogen (secondary N) is 1. The van der Waals surface area contributed by atoms with E-state index in [1.807, 2.05) is 15.9 Å². The normalized spacial score (nSPS) is 20.0. The van der Waals surface area contributed by atoms with Gasteiger partial charge in [-0.1, -0.05) is 11.2 Å². The first-order valence-corrected chi connectivity index (χ1v) is 13.2. The molecule has 2 aromatic rings. The Morgan fingerprint density at radius 1 is 1.03 bits per heavy atom. The van der Waals surface area contributed by atoms with Crippen LogP contribution in [-0.2, 0) is 14.4 Å². The number of piperazine rings is 2. The Kier molecular flexibility index (Phi) is 8.10.